The van der Waals surface area contributed by atoms with Gasteiger partial charge in [-0.15, -0.1) is 0 Å². The molecule has 0 atom stereocenters. The SMILES string of the molecule is [CH3][Sn]([CH3])([CH3])[c]1cc(-c2ccccc2)c(N)s1. The van der Waals surface area contributed by atoms with E-state index in [-0.39, 0.29) is 0 Å². The van der Waals surface area contributed by atoms with Gasteiger partial charge in [-0.2, -0.15) is 0 Å². The second kappa shape index (κ2) is 4.41. The van der Waals surface area contributed by atoms with Gasteiger partial charge >= 0.3 is 106 Å². The van der Waals surface area contributed by atoms with Crippen molar-refractivity contribution in [3.05, 3.63) is 36.4 Å². The molecule has 0 spiro atoms. The molecule has 16 heavy (non-hydrogen) atoms. The third kappa shape index (κ3) is 2.43. The number of nitrogen functional groups attached to an aromatic ring is 1. The Balaban J connectivity index is 2.48. The van der Waals surface area contributed by atoms with Gasteiger partial charge in [0.1, 0.15) is 0 Å². The molecule has 1 heterocycles. The van der Waals surface area contributed by atoms with Crippen LogP contribution in [0.15, 0.2) is 36.4 Å². The van der Waals surface area contributed by atoms with Crippen LogP contribution in [-0.4, -0.2) is 18.4 Å². The molecule has 0 aliphatic carbocycles. The molecule has 0 radical (unpaired) electrons. The first kappa shape index (κ1) is 12.0. The van der Waals surface area contributed by atoms with E-state index in [1.54, 1.807) is 14.2 Å². The molecule has 2 aromatic rings. The molecule has 0 unspecified atom stereocenters. The summed E-state index contributed by atoms with van der Waals surface area (Å²) in [4.78, 5) is 7.28. The van der Waals surface area contributed by atoms with Gasteiger partial charge in [-0.1, -0.05) is 0 Å². The van der Waals surface area contributed by atoms with Crippen molar-refractivity contribution >= 4 is 37.6 Å². The maximum absolute atomic E-state index is 6.12. The summed E-state index contributed by atoms with van der Waals surface area (Å²) in [6.45, 7) is 0. The Morgan fingerprint density at radius 2 is 1.69 bits per heavy atom. The number of anilines is 1. The molecule has 1 nitrogen and oxygen atoms in total. The normalized spacial score (nSPS) is 11.7. The van der Waals surface area contributed by atoms with Gasteiger partial charge < -0.3 is 0 Å². The topological polar surface area (TPSA) is 26.0 Å². The fourth-order valence-electron chi connectivity index (χ4n) is 1.62. The molecule has 0 fully saturated rings. The Labute approximate surface area is 105 Å². The molecule has 0 saturated carbocycles. The molecule has 84 valence electrons. The summed E-state index contributed by atoms with van der Waals surface area (Å²) in [6.07, 6.45) is 0. The van der Waals surface area contributed by atoms with E-state index in [4.69, 9.17) is 5.73 Å². The average molecular weight is 338 g/mol. The molecule has 2 rings (SSSR count). The van der Waals surface area contributed by atoms with Gasteiger partial charge in [0.05, 0.1) is 0 Å². The van der Waals surface area contributed by atoms with Crippen molar-refractivity contribution in [3.8, 4) is 11.1 Å². The number of rotatable bonds is 2. The van der Waals surface area contributed by atoms with Crippen LogP contribution < -0.4 is 8.63 Å². The van der Waals surface area contributed by atoms with Crippen molar-refractivity contribution in [1.82, 2.24) is 0 Å². The summed E-state index contributed by atoms with van der Waals surface area (Å²) in [5.74, 6) is 0. The van der Waals surface area contributed by atoms with Crippen molar-refractivity contribution in [2.45, 2.75) is 14.8 Å². The summed E-state index contributed by atoms with van der Waals surface area (Å²) >= 11 is -0.173. The number of benzene rings is 1. The van der Waals surface area contributed by atoms with Crippen LogP contribution in [-0.2, 0) is 0 Å². The molecule has 1 aromatic carbocycles. The number of hydrogen-bond acceptors (Lipinski definition) is 2. The van der Waals surface area contributed by atoms with Gasteiger partial charge in [0, 0.05) is 0 Å². The van der Waals surface area contributed by atoms with E-state index < -0.39 is 18.4 Å². The molecule has 1 aromatic heterocycles. The molecule has 0 saturated heterocycles. The fourth-order valence-corrected chi connectivity index (χ4v) is 7.84. The standard InChI is InChI=1S/C10H8NS.3CH3.Sn/c11-10-9(6-7-12-10)8-4-2-1-3-5-8;;;;/h1-6H,11H2;3*1H3;. The van der Waals surface area contributed by atoms with Crippen molar-refractivity contribution in [3.63, 3.8) is 0 Å². The Hall–Kier alpha value is -0.481. The Bertz CT molecular complexity index is 482. The van der Waals surface area contributed by atoms with E-state index in [0.717, 1.165) is 5.00 Å². The molecule has 0 aliphatic heterocycles. The third-order valence-corrected chi connectivity index (χ3v) is 13.0. The Morgan fingerprint density at radius 3 is 2.19 bits per heavy atom. The zero-order valence-electron chi connectivity index (χ0n) is 9.95. The van der Waals surface area contributed by atoms with E-state index in [1.807, 2.05) is 6.07 Å². The molecule has 0 bridgehead atoms. The van der Waals surface area contributed by atoms with Crippen molar-refractivity contribution in [2.24, 2.45) is 0 Å². The van der Waals surface area contributed by atoms with E-state index in [9.17, 15) is 0 Å². The van der Waals surface area contributed by atoms with Crippen LogP contribution in [0.25, 0.3) is 11.1 Å². The predicted molar refractivity (Wildman–Crippen MR) is 77.1 cm³/mol. The fraction of sp³-hybridized carbons (Fsp3) is 0.231. The van der Waals surface area contributed by atoms with Gasteiger partial charge in [-0.25, -0.2) is 0 Å². The average Bonchev–Trinajstić information content (AvgIpc) is 2.61. The first-order valence-corrected chi connectivity index (χ1v) is 16.2. The number of hydrogen-bond donors (Lipinski definition) is 1. The van der Waals surface area contributed by atoms with E-state index in [0.29, 0.717) is 0 Å². The first-order valence-electron chi connectivity index (χ1n) is 5.43. The minimum atomic E-state index is -1.96. The predicted octanol–water partition coefficient (Wildman–Crippen LogP) is 3.54. The zero-order valence-corrected chi connectivity index (χ0v) is 13.6. The summed E-state index contributed by atoms with van der Waals surface area (Å²) in [5.41, 5.74) is 8.57. The van der Waals surface area contributed by atoms with Crippen LogP contribution in [0.3, 0.4) is 0 Å². The third-order valence-electron chi connectivity index (χ3n) is 2.58. The number of nitrogens with two attached hydrogens (primary N) is 1. The van der Waals surface area contributed by atoms with Crippen molar-refractivity contribution < 1.29 is 0 Å². The van der Waals surface area contributed by atoms with Gasteiger partial charge in [0.25, 0.3) is 0 Å². The van der Waals surface area contributed by atoms with Gasteiger partial charge in [-0.3, -0.25) is 0 Å². The van der Waals surface area contributed by atoms with E-state index in [2.05, 4.69) is 45.2 Å². The molecule has 0 amide bonds. The number of thiophene rings is 1. The summed E-state index contributed by atoms with van der Waals surface area (Å²) in [7, 11) is 0. The molecular formula is C13H17NSSn. The second-order valence-corrected chi connectivity index (χ2v) is 21.5. The van der Waals surface area contributed by atoms with Crippen LogP contribution in [0.1, 0.15) is 0 Å². The van der Waals surface area contributed by atoms with Crippen LogP contribution >= 0.6 is 11.3 Å². The second-order valence-electron chi connectivity index (χ2n) is 5.00. The van der Waals surface area contributed by atoms with Crippen LogP contribution in [0.5, 0.6) is 0 Å². The first-order chi connectivity index (χ1) is 7.48. The molecule has 2 N–H and O–H groups in total. The maximum atomic E-state index is 6.12. The van der Waals surface area contributed by atoms with Crippen LogP contribution in [0, 0.1) is 0 Å². The summed E-state index contributed by atoms with van der Waals surface area (Å²) in [6, 6.07) is 12.7. The molecule has 0 aliphatic rings. The van der Waals surface area contributed by atoms with Crippen LogP contribution in [0.4, 0.5) is 5.00 Å². The summed E-state index contributed by atoms with van der Waals surface area (Å²) in [5, 5.41) is 0.966. The van der Waals surface area contributed by atoms with Crippen LogP contribution in [0.2, 0.25) is 14.8 Å². The molecule has 3 heteroatoms. The van der Waals surface area contributed by atoms with E-state index in [1.165, 1.54) is 11.1 Å². The van der Waals surface area contributed by atoms with Gasteiger partial charge in [0.2, 0.25) is 0 Å². The minimum absolute atomic E-state index is 0.966. The quantitative estimate of drug-likeness (QED) is 0.833. The zero-order chi connectivity index (χ0) is 11.8. The van der Waals surface area contributed by atoms with Gasteiger partial charge in [-0.05, 0) is 0 Å². The molecular weight excluding hydrogens is 321 g/mol. The van der Waals surface area contributed by atoms with Gasteiger partial charge in [0.15, 0.2) is 0 Å². The Morgan fingerprint density at radius 1 is 1.06 bits per heavy atom. The van der Waals surface area contributed by atoms with E-state index >= 15 is 0 Å². The summed E-state index contributed by atoms with van der Waals surface area (Å²) < 4.78 is 1.55. The monoisotopic (exact) mass is 339 g/mol. The van der Waals surface area contributed by atoms with Crippen molar-refractivity contribution in [1.29, 1.82) is 0 Å². The Kier molecular flexibility index (Phi) is 3.31. The van der Waals surface area contributed by atoms with Crippen molar-refractivity contribution in [2.75, 3.05) is 5.73 Å².